The summed E-state index contributed by atoms with van der Waals surface area (Å²) in [6.07, 6.45) is -0.634. The number of nitrogens with one attached hydrogen (secondary N) is 2. The molecule has 34 heavy (non-hydrogen) atoms. The molecule has 2 aromatic heterocycles. The van der Waals surface area contributed by atoms with Crippen molar-refractivity contribution in [3.63, 3.8) is 0 Å². The fourth-order valence-electron chi connectivity index (χ4n) is 4.17. The molecule has 0 radical (unpaired) electrons. The van der Waals surface area contributed by atoms with Crippen LogP contribution in [0.4, 0.5) is 19.0 Å². The van der Waals surface area contributed by atoms with E-state index in [4.69, 9.17) is 11.6 Å². The number of aromatic nitrogens is 3. The molecule has 1 aliphatic carbocycles. The Balaban J connectivity index is 1.43. The van der Waals surface area contributed by atoms with Gasteiger partial charge in [-0.15, -0.1) is 13.2 Å². The molecular weight excluding hydrogens is 469 g/mol. The highest BCUT2D eigenvalue weighted by Crippen LogP contribution is 2.49. The Hall–Kier alpha value is -3.59. The van der Waals surface area contributed by atoms with E-state index in [-0.39, 0.29) is 22.5 Å². The highest BCUT2D eigenvalue weighted by atomic mass is 35.5. The van der Waals surface area contributed by atoms with Crippen molar-refractivity contribution in [2.24, 2.45) is 0 Å². The molecule has 2 aromatic carbocycles. The maximum atomic E-state index is 12.6. The molecule has 1 saturated carbocycles. The lowest BCUT2D eigenvalue weighted by atomic mass is 9.64. The summed E-state index contributed by atoms with van der Waals surface area (Å²) in [4.78, 5) is 24.6. The molecule has 1 aliphatic rings. The molecule has 1 fully saturated rings. The van der Waals surface area contributed by atoms with Crippen LogP contribution in [0.1, 0.15) is 41.0 Å². The molecule has 0 unspecified atom stereocenters. The number of imidazole rings is 1. The zero-order valence-corrected chi connectivity index (χ0v) is 18.4. The monoisotopic (exact) mass is 486 g/mol. The molecular formula is C24H18ClF3N4O2. The van der Waals surface area contributed by atoms with Crippen molar-refractivity contribution in [1.29, 1.82) is 0 Å². The van der Waals surface area contributed by atoms with Crippen LogP contribution in [-0.2, 0) is 5.41 Å². The van der Waals surface area contributed by atoms with Crippen molar-refractivity contribution in [2.75, 3.05) is 5.32 Å². The SMILES string of the molecule is O=C(Nc1ncc(C2(c3nc4ccc(OC(F)(F)F)cc4[nH]3)CCC2)cc1Cl)c1ccccc1. The smallest absolute Gasteiger partial charge is 0.406 e. The number of amides is 1. The summed E-state index contributed by atoms with van der Waals surface area (Å²) in [6.45, 7) is 0. The zero-order valence-electron chi connectivity index (χ0n) is 17.6. The number of fused-ring (bicyclic) bond motifs is 1. The number of ether oxygens (including phenoxy) is 1. The molecule has 10 heteroatoms. The summed E-state index contributed by atoms with van der Waals surface area (Å²) in [5.41, 5.74) is 1.77. The maximum Gasteiger partial charge on any atom is 0.573 e. The number of carbonyl (C=O) groups excluding carboxylic acids is 1. The minimum atomic E-state index is -4.77. The van der Waals surface area contributed by atoms with Gasteiger partial charge in [0.05, 0.1) is 21.5 Å². The summed E-state index contributed by atoms with van der Waals surface area (Å²) >= 11 is 6.47. The van der Waals surface area contributed by atoms with E-state index >= 15 is 0 Å². The van der Waals surface area contributed by atoms with Crippen molar-refractivity contribution < 1.29 is 22.7 Å². The number of H-pyrrole nitrogens is 1. The van der Waals surface area contributed by atoms with Gasteiger partial charge >= 0.3 is 6.36 Å². The topological polar surface area (TPSA) is 79.9 Å². The number of pyridine rings is 1. The van der Waals surface area contributed by atoms with Crippen molar-refractivity contribution in [3.8, 4) is 5.75 Å². The summed E-state index contributed by atoms with van der Waals surface area (Å²) < 4.78 is 41.7. The number of halogens is 4. The van der Waals surface area contributed by atoms with Crippen LogP contribution in [-0.4, -0.2) is 27.2 Å². The predicted octanol–water partition coefficient (Wildman–Crippen LogP) is 6.23. The quantitative estimate of drug-likeness (QED) is 0.350. The third-order valence-corrected chi connectivity index (χ3v) is 6.30. The number of rotatable bonds is 5. The number of alkyl halides is 3. The Morgan fingerprint density at radius 3 is 2.53 bits per heavy atom. The average Bonchev–Trinajstić information content (AvgIpc) is 3.17. The minimum absolute atomic E-state index is 0.243. The Morgan fingerprint density at radius 2 is 1.88 bits per heavy atom. The molecule has 1 amide bonds. The standard InChI is InChI=1S/C24H18ClF3N4O2/c25-17-11-15(13-29-20(17)32-21(33)14-5-2-1-3-6-14)23(9-4-10-23)22-30-18-8-7-16(12-19(18)31-22)34-24(26,27)28/h1-3,5-8,11-13H,4,9-10H2,(H,30,31)(H,29,32,33). The van der Waals surface area contributed by atoms with E-state index in [0.717, 1.165) is 24.8 Å². The van der Waals surface area contributed by atoms with E-state index in [0.29, 0.717) is 22.4 Å². The number of nitrogens with zero attached hydrogens (tertiary/aromatic N) is 2. The van der Waals surface area contributed by atoms with Crippen LogP contribution >= 0.6 is 11.6 Å². The van der Waals surface area contributed by atoms with Crippen molar-refractivity contribution >= 4 is 34.4 Å². The van der Waals surface area contributed by atoms with Crippen LogP contribution in [0.3, 0.4) is 0 Å². The second kappa shape index (κ2) is 8.32. The molecule has 174 valence electrons. The Labute approximate surface area is 197 Å². The number of carbonyl (C=O) groups is 1. The molecule has 6 nitrogen and oxygen atoms in total. The second-order valence-electron chi connectivity index (χ2n) is 8.12. The molecule has 5 rings (SSSR count). The molecule has 0 aliphatic heterocycles. The van der Waals surface area contributed by atoms with Gasteiger partial charge in [-0.2, -0.15) is 0 Å². The molecule has 0 saturated heterocycles. The van der Waals surface area contributed by atoms with E-state index in [1.54, 1.807) is 36.5 Å². The van der Waals surface area contributed by atoms with Gasteiger partial charge in [0.1, 0.15) is 11.6 Å². The number of hydrogen-bond donors (Lipinski definition) is 2. The molecule has 2 N–H and O–H groups in total. The van der Waals surface area contributed by atoms with Gasteiger partial charge < -0.3 is 15.0 Å². The van der Waals surface area contributed by atoms with E-state index in [2.05, 4.69) is 25.0 Å². The average molecular weight is 487 g/mol. The largest absolute Gasteiger partial charge is 0.573 e. The number of aromatic amines is 1. The summed E-state index contributed by atoms with van der Waals surface area (Å²) in [5.74, 6) is 0.223. The molecule has 0 bridgehead atoms. The van der Waals surface area contributed by atoms with Gasteiger partial charge in [0, 0.05) is 17.8 Å². The van der Waals surface area contributed by atoms with Crippen LogP contribution in [0.5, 0.6) is 5.75 Å². The van der Waals surface area contributed by atoms with Crippen LogP contribution in [0.2, 0.25) is 5.02 Å². The normalized spacial score (nSPS) is 15.1. The fourth-order valence-corrected chi connectivity index (χ4v) is 4.38. The van der Waals surface area contributed by atoms with Gasteiger partial charge in [-0.25, -0.2) is 9.97 Å². The highest BCUT2D eigenvalue weighted by Gasteiger charge is 2.43. The summed E-state index contributed by atoms with van der Waals surface area (Å²) in [7, 11) is 0. The first-order valence-corrected chi connectivity index (χ1v) is 10.9. The minimum Gasteiger partial charge on any atom is -0.406 e. The zero-order chi connectivity index (χ0) is 23.9. The van der Waals surface area contributed by atoms with Crippen molar-refractivity contribution in [1.82, 2.24) is 15.0 Å². The lowest BCUT2D eigenvalue weighted by Gasteiger charge is -2.40. The number of anilines is 1. The van der Waals surface area contributed by atoms with Gasteiger partial charge in [-0.1, -0.05) is 36.2 Å². The Kier molecular flexibility index (Phi) is 5.44. The molecule has 0 atom stereocenters. The third-order valence-electron chi connectivity index (χ3n) is 6.01. The molecule has 4 aromatic rings. The fraction of sp³-hybridized carbons (Fsp3) is 0.208. The first-order chi connectivity index (χ1) is 16.2. The van der Waals surface area contributed by atoms with Crippen molar-refractivity contribution in [3.05, 3.63) is 82.8 Å². The molecule has 2 heterocycles. The van der Waals surface area contributed by atoms with Gasteiger partial charge in [-0.3, -0.25) is 4.79 Å². The van der Waals surface area contributed by atoms with Crippen molar-refractivity contribution in [2.45, 2.75) is 31.0 Å². The number of benzene rings is 2. The van der Waals surface area contributed by atoms with E-state index in [9.17, 15) is 18.0 Å². The van der Waals surface area contributed by atoms with Gasteiger partial charge in [0.15, 0.2) is 5.82 Å². The summed E-state index contributed by atoms with van der Waals surface area (Å²) in [6, 6.07) is 14.5. The lowest BCUT2D eigenvalue weighted by molar-refractivity contribution is -0.274. The first kappa shape index (κ1) is 22.2. The second-order valence-corrected chi connectivity index (χ2v) is 8.53. The highest BCUT2D eigenvalue weighted by molar-refractivity contribution is 6.33. The Bertz CT molecular complexity index is 1370. The first-order valence-electron chi connectivity index (χ1n) is 10.5. The van der Waals surface area contributed by atoms with Gasteiger partial charge in [-0.05, 0) is 48.7 Å². The van der Waals surface area contributed by atoms with Crippen LogP contribution < -0.4 is 10.1 Å². The van der Waals surface area contributed by atoms with Crippen LogP contribution in [0, 0.1) is 0 Å². The predicted molar refractivity (Wildman–Crippen MR) is 121 cm³/mol. The molecule has 0 spiro atoms. The lowest BCUT2D eigenvalue weighted by Crippen LogP contribution is -2.36. The van der Waals surface area contributed by atoms with Crippen LogP contribution in [0.15, 0.2) is 60.8 Å². The third kappa shape index (κ3) is 4.19. The maximum absolute atomic E-state index is 12.6. The van der Waals surface area contributed by atoms with Gasteiger partial charge in [0.2, 0.25) is 0 Å². The Morgan fingerprint density at radius 1 is 1.12 bits per heavy atom. The van der Waals surface area contributed by atoms with E-state index in [1.807, 2.05) is 6.07 Å². The number of hydrogen-bond acceptors (Lipinski definition) is 4. The van der Waals surface area contributed by atoms with E-state index in [1.165, 1.54) is 18.2 Å². The summed E-state index contributed by atoms with van der Waals surface area (Å²) in [5, 5.41) is 3.00. The van der Waals surface area contributed by atoms with E-state index < -0.39 is 11.8 Å². The van der Waals surface area contributed by atoms with Crippen LogP contribution in [0.25, 0.3) is 11.0 Å². The van der Waals surface area contributed by atoms with Gasteiger partial charge in [0.25, 0.3) is 5.91 Å².